The van der Waals surface area contributed by atoms with Crippen LogP contribution in [0.15, 0.2) is 90.2 Å². The Balaban J connectivity index is 1.32. The second-order valence-corrected chi connectivity index (χ2v) is 9.56. The summed E-state index contributed by atoms with van der Waals surface area (Å²) >= 11 is 0. The van der Waals surface area contributed by atoms with Gasteiger partial charge in [0.15, 0.2) is 17.3 Å². The Labute approximate surface area is 227 Å². The van der Waals surface area contributed by atoms with Crippen LogP contribution < -0.4 is 16.6 Å². The Bertz CT molecular complexity index is 1960. The summed E-state index contributed by atoms with van der Waals surface area (Å²) < 4.78 is 3.68. The van der Waals surface area contributed by atoms with Crippen LogP contribution in [-0.2, 0) is 6.42 Å². The number of rotatable bonds is 5. The van der Waals surface area contributed by atoms with Crippen LogP contribution in [0.1, 0.15) is 33.9 Å². The van der Waals surface area contributed by atoms with Crippen molar-refractivity contribution >= 4 is 22.9 Å². The third kappa shape index (κ3) is 4.00. The highest BCUT2D eigenvalue weighted by Gasteiger charge is 2.26. The van der Waals surface area contributed by atoms with Crippen molar-refractivity contribution < 1.29 is 4.79 Å². The highest BCUT2D eigenvalue weighted by molar-refractivity contribution is 5.94. The molecule has 0 aliphatic heterocycles. The molecule has 1 atom stereocenters. The first-order chi connectivity index (χ1) is 19.5. The second kappa shape index (κ2) is 9.31. The summed E-state index contributed by atoms with van der Waals surface area (Å²) in [5, 5.41) is 7.39. The Morgan fingerprint density at radius 2 is 1.98 bits per heavy atom. The third-order valence-electron chi connectivity index (χ3n) is 7.11. The smallest absolute Gasteiger partial charge is 0.252 e. The van der Waals surface area contributed by atoms with E-state index in [0.29, 0.717) is 39.8 Å². The predicted octanol–water partition coefficient (Wildman–Crippen LogP) is 3.36. The minimum Gasteiger partial charge on any atom is -0.383 e. The van der Waals surface area contributed by atoms with Crippen molar-refractivity contribution in [3.05, 3.63) is 112 Å². The molecule has 1 aromatic carbocycles. The molecule has 0 unspecified atom stereocenters. The van der Waals surface area contributed by atoms with E-state index in [4.69, 9.17) is 15.7 Å². The monoisotopic (exact) mass is 529 g/mol. The van der Waals surface area contributed by atoms with E-state index in [1.807, 2.05) is 53.2 Å². The van der Waals surface area contributed by atoms with Crippen molar-refractivity contribution in [1.29, 1.82) is 0 Å². The maximum atomic E-state index is 12.8. The quantitative estimate of drug-likeness (QED) is 0.310. The molecule has 1 amide bonds. The molecule has 6 aromatic rings. The fourth-order valence-electron chi connectivity index (χ4n) is 5.23. The van der Waals surface area contributed by atoms with Crippen LogP contribution in [-0.4, -0.2) is 40.2 Å². The number of nitrogens with one attached hydrogen (secondary N) is 2. The van der Waals surface area contributed by atoms with Crippen LogP contribution in [0.4, 0.5) is 5.82 Å². The molecule has 0 fully saturated rings. The summed E-state index contributed by atoms with van der Waals surface area (Å²) in [6.07, 6.45) is 8.20. The molecule has 5 heterocycles. The summed E-state index contributed by atoms with van der Waals surface area (Å²) in [5.41, 5.74) is 11.4. The zero-order valence-corrected chi connectivity index (χ0v) is 21.2. The van der Waals surface area contributed by atoms with Gasteiger partial charge in [0, 0.05) is 42.1 Å². The van der Waals surface area contributed by atoms with Crippen molar-refractivity contribution in [2.45, 2.75) is 18.9 Å². The lowest BCUT2D eigenvalue weighted by molar-refractivity contribution is 0.0936. The number of fused-ring (bicyclic) bond motifs is 2. The van der Waals surface area contributed by atoms with Crippen LogP contribution in [0, 0.1) is 0 Å². The van der Waals surface area contributed by atoms with Gasteiger partial charge in [0.25, 0.3) is 5.91 Å². The zero-order valence-electron chi connectivity index (χ0n) is 21.2. The fraction of sp³-hybridized carbons (Fsp3) is 0.103. The van der Waals surface area contributed by atoms with Crippen molar-refractivity contribution in [3.63, 3.8) is 0 Å². The molecule has 1 aliphatic rings. The summed E-state index contributed by atoms with van der Waals surface area (Å²) in [6.45, 7) is 0. The summed E-state index contributed by atoms with van der Waals surface area (Å²) in [7, 11) is 0. The maximum absolute atomic E-state index is 12.8. The number of H-pyrrole nitrogens is 1. The van der Waals surface area contributed by atoms with Gasteiger partial charge >= 0.3 is 0 Å². The second-order valence-electron chi connectivity index (χ2n) is 9.56. The number of imidazole rings is 1. The van der Waals surface area contributed by atoms with Crippen LogP contribution in [0.5, 0.6) is 0 Å². The Morgan fingerprint density at radius 3 is 2.80 bits per heavy atom. The zero-order chi connectivity index (χ0) is 27.2. The number of anilines is 1. The molecule has 0 saturated heterocycles. The maximum Gasteiger partial charge on any atom is 0.252 e. The van der Waals surface area contributed by atoms with Gasteiger partial charge < -0.3 is 16.0 Å². The van der Waals surface area contributed by atoms with Crippen LogP contribution in [0.25, 0.3) is 34.1 Å². The number of pyridine rings is 3. The SMILES string of the molecule is Nc1ncccc1-c1nc2ccc(-n3cccn3)nc2n1-c1ccc2c(c1)CC[C@@H]2NC(=O)c1cc[nH]c(=O)c1. The molecule has 11 heteroatoms. The molecule has 40 heavy (non-hydrogen) atoms. The van der Waals surface area contributed by atoms with E-state index in [-0.39, 0.29) is 17.5 Å². The number of nitrogen functional groups attached to an aromatic ring is 1. The fourth-order valence-corrected chi connectivity index (χ4v) is 5.23. The topological polar surface area (TPSA) is 149 Å². The third-order valence-corrected chi connectivity index (χ3v) is 7.11. The first-order valence-electron chi connectivity index (χ1n) is 12.8. The standard InChI is InChI=1S/C29H23N9O2/c30-26-21(3-1-11-32-26)27-34-23-8-9-24(37-14-2-12-33-37)36-28(23)38(27)19-5-6-20-17(15-19)4-7-22(20)35-29(40)18-10-13-31-25(39)16-18/h1-3,5-6,8-16,22H,4,7H2,(H2,30,32)(H,31,39)(H,35,40)/t22-/m0/s1. The Kier molecular flexibility index (Phi) is 5.48. The van der Waals surface area contributed by atoms with Gasteiger partial charge in [-0.05, 0) is 72.5 Å². The average Bonchev–Trinajstić information content (AvgIpc) is 3.72. The first kappa shape index (κ1) is 23.5. The minimum absolute atomic E-state index is 0.159. The molecule has 7 rings (SSSR count). The molecule has 0 bridgehead atoms. The number of aromatic amines is 1. The lowest BCUT2D eigenvalue weighted by atomic mass is 10.1. The first-order valence-corrected chi connectivity index (χ1v) is 12.8. The normalized spacial score (nSPS) is 14.3. The van der Waals surface area contributed by atoms with E-state index in [0.717, 1.165) is 29.7 Å². The Hall–Kier alpha value is -5.58. The van der Waals surface area contributed by atoms with E-state index in [9.17, 15) is 9.59 Å². The van der Waals surface area contributed by atoms with E-state index < -0.39 is 0 Å². The number of aromatic nitrogens is 7. The molecule has 0 spiro atoms. The van der Waals surface area contributed by atoms with Crippen LogP contribution >= 0.6 is 0 Å². The number of carbonyl (C=O) groups is 1. The Morgan fingerprint density at radius 1 is 1.05 bits per heavy atom. The molecular formula is C29H23N9O2. The van der Waals surface area contributed by atoms with E-state index >= 15 is 0 Å². The molecule has 0 saturated carbocycles. The lowest BCUT2D eigenvalue weighted by Gasteiger charge is -2.16. The molecule has 4 N–H and O–H groups in total. The molecule has 0 radical (unpaired) electrons. The van der Waals surface area contributed by atoms with Gasteiger partial charge in [0.05, 0.1) is 11.6 Å². The highest BCUT2D eigenvalue weighted by atomic mass is 16.2. The van der Waals surface area contributed by atoms with Crippen molar-refractivity contribution in [2.24, 2.45) is 0 Å². The number of benzene rings is 1. The molecule has 11 nitrogen and oxygen atoms in total. The highest BCUT2D eigenvalue weighted by Crippen LogP contribution is 2.36. The number of aryl methyl sites for hydroxylation is 1. The van der Waals surface area contributed by atoms with E-state index in [1.54, 1.807) is 23.1 Å². The lowest BCUT2D eigenvalue weighted by Crippen LogP contribution is -2.28. The molecule has 196 valence electrons. The number of hydrogen-bond acceptors (Lipinski definition) is 7. The van der Waals surface area contributed by atoms with Gasteiger partial charge in [-0.1, -0.05) is 6.07 Å². The van der Waals surface area contributed by atoms with E-state index in [2.05, 4.69) is 26.4 Å². The molecule has 1 aliphatic carbocycles. The summed E-state index contributed by atoms with van der Waals surface area (Å²) in [5.74, 6) is 1.38. The number of carbonyl (C=O) groups excluding carboxylic acids is 1. The number of nitrogens with zero attached hydrogens (tertiary/aromatic N) is 6. The molecular weight excluding hydrogens is 506 g/mol. The van der Waals surface area contributed by atoms with Crippen molar-refractivity contribution in [2.75, 3.05) is 5.73 Å². The minimum atomic E-state index is -0.314. The van der Waals surface area contributed by atoms with Gasteiger partial charge in [0.2, 0.25) is 5.56 Å². The van der Waals surface area contributed by atoms with Crippen molar-refractivity contribution in [3.8, 4) is 22.9 Å². The van der Waals surface area contributed by atoms with Crippen LogP contribution in [0.3, 0.4) is 0 Å². The van der Waals surface area contributed by atoms with Gasteiger partial charge in [-0.15, -0.1) is 0 Å². The van der Waals surface area contributed by atoms with Gasteiger partial charge in [-0.3, -0.25) is 14.2 Å². The predicted molar refractivity (Wildman–Crippen MR) is 149 cm³/mol. The number of amides is 1. The number of nitrogens with two attached hydrogens (primary N) is 1. The van der Waals surface area contributed by atoms with E-state index in [1.165, 1.54) is 12.3 Å². The molecule has 5 aromatic heterocycles. The van der Waals surface area contributed by atoms with Gasteiger partial charge in [-0.2, -0.15) is 5.10 Å². The average molecular weight is 530 g/mol. The number of hydrogen-bond donors (Lipinski definition) is 3. The largest absolute Gasteiger partial charge is 0.383 e. The van der Waals surface area contributed by atoms with Crippen LogP contribution in [0.2, 0.25) is 0 Å². The summed E-state index contributed by atoms with van der Waals surface area (Å²) in [6, 6.07) is 18.2. The van der Waals surface area contributed by atoms with Gasteiger partial charge in [-0.25, -0.2) is 19.6 Å². The summed E-state index contributed by atoms with van der Waals surface area (Å²) in [4.78, 5) is 41.1. The van der Waals surface area contributed by atoms with Crippen molar-refractivity contribution in [1.82, 2.24) is 39.6 Å². The van der Waals surface area contributed by atoms with Gasteiger partial charge in [0.1, 0.15) is 11.3 Å².